The highest BCUT2D eigenvalue weighted by Crippen LogP contribution is 2.40. The molecule has 6 heteroatoms. The maximum absolute atomic E-state index is 11.7. The number of carbonyl (C=O) groups excluding carboxylic acids is 2. The van der Waals surface area contributed by atoms with E-state index in [9.17, 15) is 9.59 Å². The number of carbonyl (C=O) groups is 2. The number of imide groups is 1. The summed E-state index contributed by atoms with van der Waals surface area (Å²) in [6, 6.07) is 0. The lowest BCUT2D eigenvalue weighted by Gasteiger charge is -2.11. The van der Waals surface area contributed by atoms with Gasteiger partial charge in [-0.1, -0.05) is 15.9 Å². The van der Waals surface area contributed by atoms with E-state index in [1.54, 1.807) is 0 Å². The number of hydrogen-bond donors (Lipinski definition) is 0. The van der Waals surface area contributed by atoms with Crippen molar-refractivity contribution in [3.63, 3.8) is 0 Å². The first-order chi connectivity index (χ1) is 6.75. The van der Waals surface area contributed by atoms with E-state index in [1.807, 2.05) is 0 Å². The Morgan fingerprint density at radius 1 is 1.14 bits per heavy atom. The van der Waals surface area contributed by atoms with Crippen molar-refractivity contribution in [1.29, 1.82) is 0 Å². The first-order valence-corrected chi connectivity index (χ1v) is 7.27. The summed E-state index contributed by atoms with van der Waals surface area (Å²) in [5.41, 5.74) is 0. The van der Waals surface area contributed by atoms with Gasteiger partial charge in [0, 0.05) is 23.4 Å². The van der Waals surface area contributed by atoms with Gasteiger partial charge >= 0.3 is 0 Å². The second kappa shape index (κ2) is 4.28. The molecule has 0 fully saturated rings. The molecule has 2 aliphatic rings. The van der Waals surface area contributed by atoms with Gasteiger partial charge in [0.25, 0.3) is 11.8 Å². The molecule has 0 spiro atoms. The lowest BCUT2D eigenvalue weighted by molar-refractivity contribution is -0.136. The van der Waals surface area contributed by atoms with Gasteiger partial charge in [0.1, 0.15) is 0 Å². The lowest BCUT2D eigenvalue weighted by Crippen LogP contribution is -2.32. The second-order valence-corrected chi connectivity index (χ2v) is 5.81. The third-order valence-electron chi connectivity index (χ3n) is 1.97. The molecule has 0 aromatic heterocycles. The highest BCUT2D eigenvalue weighted by molar-refractivity contribution is 9.09. The third kappa shape index (κ3) is 1.63. The quantitative estimate of drug-likeness (QED) is 0.570. The van der Waals surface area contributed by atoms with Crippen LogP contribution in [0.2, 0.25) is 0 Å². The van der Waals surface area contributed by atoms with Crippen LogP contribution in [0.3, 0.4) is 0 Å². The fraction of sp³-hybridized carbons (Fsp3) is 0.500. The van der Waals surface area contributed by atoms with Gasteiger partial charge in [-0.2, -0.15) is 0 Å². The van der Waals surface area contributed by atoms with Crippen LogP contribution in [0.1, 0.15) is 0 Å². The number of hydrogen-bond acceptors (Lipinski definition) is 4. The molecule has 0 atom stereocenters. The Bertz CT molecular complexity index is 301. The molecule has 76 valence electrons. The van der Waals surface area contributed by atoms with E-state index in [2.05, 4.69) is 15.9 Å². The van der Waals surface area contributed by atoms with Crippen molar-refractivity contribution in [3.05, 3.63) is 9.81 Å². The minimum atomic E-state index is -0.110. The number of amides is 2. The molecule has 0 radical (unpaired) electrons. The molecule has 0 aromatic rings. The molecular weight excluding hydrogens is 286 g/mol. The highest BCUT2D eigenvalue weighted by atomic mass is 79.9. The minimum absolute atomic E-state index is 0.110. The first-order valence-electron chi connectivity index (χ1n) is 4.17. The van der Waals surface area contributed by atoms with Gasteiger partial charge in [-0.05, 0) is 0 Å². The van der Waals surface area contributed by atoms with Crippen molar-refractivity contribution in [1.82, 2.24) is 4.90 Å². The van der Waals surface area contributed by atoms with Gasteiger partial charge < -0.3 is 0 Å². The Balaban J connectivity index is 2.25. The Labute approximate surface area is 98.8 Å². The number of halogens is 1. The Morgan fingerprint density at radius 2 is 1.64 bits per heavy atom. The summed E-state index contributed by atoms with van der Waals surface area (Å²) in [5, 5.41) is 0.639. The summed E-state index contributed by atoms with van der Waals surface area (Å²) >= 11 is 6.25. The summed E-state index contributed by atoms with van der Waals surface area (Å²) in [5.74, 6) is 1.62. The van der Waals surface area contributed by atoms with E-state index in [0.717, 1.165) is 11.5 Å². The van der Waals surface area contributed by atoms with E-state index in [0.29, 0.717) is 21.7 Å². The molecule has 0 unspecified atom stereocenters. The number of thioether (sulfide) groups is 2. The molecule has 0 saturated carbocycles. The summed E-state index contributed by atoms with van der Waals surface area (Å²) in [6.07, 6.45) is 0. The molecule has 0 bridgehead atoms. The summed E-state index contributed by atoms with van der Waals surface area (Å²) in [4.78, 5) is 26.1. The second-order valence-electron chi connectivity index (χ2n) is 2.81. The van der Waals surface area contributed by atoms with Crippen molar-refractivity contribution >= 4 is 51.3 Å². The first kappa shape index (κ1) is 10.6. The topological polar surface area (TPSA) is 37.4 Å². The zero-order chi connectivity index (χ0) is 10.1. The van der Waals surface area contributed by atoms with Crippen LogP contribution in [-0.2, 0) is 9.59 Å². The van der Waals surface area contributed by atoms with Crippen LogP contribution in [0.4, 0.5) is 0 Å². The van der Waals surface area contributed by atoms with Gasteiger partial charge in [0.15, 0.2) is 0 Å². The van der Waals surface area contributed by atoms with Crippen molar-refractivity contribution in [2.75, 3.05) is 23.4 Å². The molecule has 14 heavy (non-hydrogen) atoms. The van der Waals surface area contributed by atoms with Crippen molar-refractivity contribution in [2.45, 2.75) is 0 Å². The normalized spacial score (nSPS) is 21.9. The van der Waals surface area contributed by atoms with Crippen LogP contribution in [0.5, 0.6) is 0 Å². The third-order valence-corrected chi connectivity index (χ3v) is 4.86. The molecule has 0 aliphatic carbocycles. The largest absolute Gasteiger partial charge is 0.273 e. The van der Waals surface area contributed by atoms with Gasteiger partial charge in [0.05, 0.1) is 9.81 Å². The zero-order valence-electron chi connectivity index (χ0n) is 7.29. The lowest BCUT2D eigenvalue weighted by atomic mass is 10.5. The number of nitrogens with zero attached hydrogens (tertiary/aromatic N) is 1. The van der Waals surface area contributed by atoms with E-state index in [4.69, 9.17) is 0 Å². The molecule has 2 heterocycles. The van der Waals surface area contributed by atoms with Gasteiger partial charge in [-0.3, -0.25) is 14.5 Å². The Morgan fingerprint density at radius 3 is 2.07 bits per heavy atom. The van der Waals surface area contributed by atoms with Crippen molar-refractivity contribution in [3.8, 4) is 0 Å². The standard InChI is InChI=1S/C8H8BrNO2S2/c9-1-2-10-7(11)5-6(8(10)12)14-4-3-13-5/h1-4H2. The van der Waals surface area contributed by atoms with Crippen LogP contribution in [0, 0.1) is 0 Å². The van der Waals surface area contributed by atoms with Crippen LogP contribution in [0.25, 0.3) is 0 Å². The molecule has 3 nitrogen and oxygen atoms in total. The highest BCUT2D eigenvalue weighted by Gasteiger charge is 2.39. The molecular formula is C8H8BrNO2S2. The van der Waals surface area contributed by atoms with Gasteiger partial charge in [-0.15, -0.1) is 23.5 Å². The van der Waals surface area contributed by atoms with E-state index >= 15 is 0 Å². The molecule has 2 aliphatic heterocycles. The van der Waals surface area contributed by atoms with E-state index in [1.165, 1.54) is 28.4 Å². The summed E-state index contributed by atoms with van der Waals surface area (Å²) in [7, 11) is 0. The minimum Gasteiger partial charge on any atom is -0.273 e. The molecule has 2 amide bonds. The average molecular weight is 294 g/mol. The van der Waals surface area contributed by atoms with Crippen molar-refractivity contribution in [2.24, 2.45) is 0 Å². The Kier molecular flexibility index (Phi) is 3.23. The SMILES string of the molecule is O=C1C2=C(SCCS2)C(=O)N1CCBr. The van der Waals surface area contributed by atoms with E-state index in [-0.39, 0.29) is 11.8 Å². The monoisotopic (exact) mass is 293 g/mol. The molecule has 0 N–H and O–H groups in total. The van der Waals surface area contributed by atoms with Gasteiger partial charge in [-0.25, -0.2) is 0 Å². The number of rotatable bonds is 2. The van der Waals surface area contributed by atoms with Crippen LogP contribution in [0.15, 0.2) is 9.81 Å². The predicted molar refractivity (Wildman–Crippen MR) is 62.5 cm³/mol. The molecule has 2 rings (SSSR count). The maximum Gasteiger partial charge on any atom is 0.268 e. The maximum atomic E-state index is 11.7. The molecule has 0 saturated heterocycles. The Hall–Kier alpha value is 0.0600. The number of alkyl halides is 1. The average Bonchev–Trinajstić information content (AvgIpc) is 2.45. The molecule has 0 aromatic carbocycles. The fourth-order valence-electron chi connectivity index (χ4n) is 1.36. The smallest absolute Gasteiger partial charge is 0.268 e. The van der Waals surface area contributed by atoms with Gasteiger partial charge in [0.2, 0.25) is 0 Å². The van der Waals surface area contributed by atoms with Crippen LogP contribution < -0.4 is 0 Å². The zero-order valence-corrected chi connectivity index (χ0v) is 10.5. The van der Waals surface area contributed by atoms with E-state index < -0.39 is 0 Å². The summed E-state index contributed by atoms with van der Waals surface area (Å²) < 4.78 is 0. The fourth-order valence-corrected chi connectivity index (χ4v) is 4.05. The predicted octanol–water partition coefficient (Wildman–Crippen LogP) is 1.44. The van der Waals surface area contributed by atoms with Crippen molar-refractivity contribution < 1.29 is 9.59 Å². The van der Waals surface area contributed by atoms with Crippen LogP contribution >= 0.6 is 39.5 Å². The summed E-state index contributed by atoms with van der Waals surface area (Å²) in [6.45, 7) is 0.464. The van der Waals surface area contributed by atoms with Crippen LogP contribution in [-0.4, -0.2) is 40.1 Å².